The molecule has 29 heavy (non-hydrogen) atoms. The van der Waals surface area contributed by atoms with Gasteiger partial charge in [0.15, 0.2) is 11.5 Å². The molecule has 0 fully saturated rings. The van der Waals surface area contributed by atoms with Crippen molar-refractivity contribution in [3.05, 3.63) is 74.0 Å². The van der Waals surface area contributed by atoms with Crippen LogP contribution in [0, 0.1) is 6.92 Å². The van der Waals surface area contributed by atoms with E-state index in [4.69, 9.17) is 44.3 Å². The van der Waals surface area contributed by atoms with Crippen LogP contribution in [0.3, 0.4) is 0 Å². The first-order chi connectivity index (χ1) is 13.5. The van der Waals surface area contributed by atoms with Crippen molar-refractivity contribution in [2.75, 3.05) is 6.79 Å². The fraction of sp³-hybridized carbons (Fsp3) is 0.250. The molecule has 1 aromatic heterocycles. The molecule has 0 radical (unpaired) electrons. The van der Waals surface area contributed by atoms with E-state index in [1.807, 2.05) is 31.2 Å². The van der Waals surface area contributed by atoms with E-state index in [1.54, 1.807) is 16.8 Å². The first kappa shape index (κ1) is 22.1. The minimum atomic E-state index is 0. The van der Waals surface area contributed by atoms with Crippen LogP contribution in [0.25, 0.3) is 0 Å². The quantitative estimate of drug-likeness (QED) is 0.502. The lowest BCUT2D eigenvalue weighted by Crippen LogP contribution is -2.13. The molecule has 3 aromatic rings. The van der Waals surface area contributed by atoms with E-state index >= 15 is 0 Å². The molecule has 9 heteroatoms. The number of nitrogens with zero attached hydrogens (tertiary/aromatic N) is 2. The van der Waals surface area contributed by atoms with E-state index < -0.39 is 0 Å². The zero-order valence-corrected chi connectivity index (χ0v) is 18.6. The fourth-order valence-corrected chi connectivity index (χ4v) is 3.86. The summed E-state index contributed by atoms with van der Waals surface area (Å²) < 4.78 is 12.5. The van der Waals surface area contributed by atoms with Crippen molar-refractivity contribution in [1.29, 1.82) is 0 Å². The molecule has 1 N–H and O–H groups in total. The largest absolute Gasteiger partial charge is 0.454 e. The van der Waals surface area contributed by atoms with Crippen molar-refractivity contribution in [3.8, 4) is 11.5 Å². The Hall–Kier alpha value is -1.63. The summed E-state index contributed by atoms with van der Waals surface area (Å²) in [7, 11) is 0. The number of aryl methyl sites for hydroxylation is 1. The molecule has 154 valence electrons. The third-order valence-electron chi connectivity index (χ3n) is 4.59. The van der Waals surface area contributed by atoms with Crippen LogP contribution in [0.4, 0.5) is 0 Å². The van der Waals surface area contributed by atoms with Gasteiger partial charge in [-0.1, -0.05) is 46.9 Å². The number of nitrogens with one attached hydrogen (secondary N) is 1. The van der Waals surface area contributed by atoms with E-state index in [1.165, 1.54) is 0 Å². The maximum atomic E-state index is 6.58. The lowest BCUT2D eigenvalue weighted by atomic mass is 10.2. The van der Waals surface area contributed by atoms with Crippen LogP contribution in [-0.4, -0.2) is 16.6 Å². The van der Waals surface area contributed by atoms with E-state index in [0.717, 1.165) is 33.9 Å². The zero-order valence-electron chi connectivity index (χ0n) is 15.5. The highest BCUT2D eigenvalue weighted by atomic mass is 35.5. The average molecular weight is 475 g/mol. The molecule has 0 saturated carbocycles. The van der Waals surface area contributed by atoms with Crippen LogP contribution in [0.2, 0.25) is 15.2 Å². The van der Waals surface area contributed by atoms with Crippen molar-refractivity contribution < 1.29 is 9.47 Å². The van der Waals surface area contributed by atoms with Crippen molar-refractivity contribution in [3.63, 3.8) is 0 Å². The third-order valence-corrected chi connectivity index (χ3v) is 5.60. The van der Waals surface area contributed by atoms with Gasteiger partial charge >= 0.3 is 0 Å². The van der Waals surface area contributed by atoms with Gasteiger partial charge in [0, 0.05) is 28.7 Å². The molecule has 2 aromatic carbocycles. The molecule has 5 nitrogen and oxygen atoms in total. The molecule has 0 saturated heterocycles. The molecule has 0 amide bonds. The van der Waals surface area contributed by atoms with Gasteiger partial charge < -0.3 is 14.8 Å². The molecular weight excluding hydrogens is 456 g/mol. The summed E-state index contributed by atoms with van der Waals surface area (Å²) in [5.41, 5.74) is 3.87. The van der Waals surface area contributed by atoms with Crippen molar-refractivity contribution in [2.45, 2.75) is 26.6 Å². The van der Waals surface area contributed by atoms with Gasteiger partial charge in [0.25, 0.3) is 0 Å². The van der Waals surface area contributed by atoms with Gasteiger partial charge in [-0.2, -0.15) is 5.10 Å². The fourth-order valence-electron chi connectivity index (χ4n) is 3.09. The predicted octanol–water partition coefficient (Wildman–Crippen LogP) is 5.64. The molecule has 0 aliphatic carbocycles. The third kappa shape index (κ3) is 4.93. The van der Waals surface area contributed by atoms with Gasteiger partial charge in [-0.15, -0.1) is 12.4 Å². The second-order valence-electron chi connectivity index (χ2n) is 6.54. The van der Waals surface area contributed by atoms with Gasteiger partial charge in [0.1, 0.15) is 5.15 Å². The molecule has 0 spiro atoms. The van der Waals surface area contributed by atoms with Gasteiger partial charge in [-0.25, -0.2) is 4.68 Å². The minimum absolute atomic E-state index is 0. The Balaban J connectivity index is 0.00000240. The van der Waals surface area contributed by atoms with E-state index in [-0.39, 0.29) is 19.2 Å². The van der Waals surface area contributed by atoms with Crippen molar-refractivity contribution >= 4 is 47.2 Å². The summed E-state index contributed by atoms with van der Waals surface area (Å²) >= 11 is 18.8. The van der Waals surface area contributed by atoms with Crippen LogP contribution in [-0.2, 0) is 19.6 Å². The topological polar surface area (TPSA) is 48.3 Å². The van der Waals surface area contributed by atoms with Gasteiger partial charge in [0.2, 0.25) is 6.79 Å². The Bertz CT molecular complexity index is 1020. The number of ether oxygens (including phenoxy) is 2. The first-order valence-electron chi connectivity index (χ1n) is 8.76. The summed E-state index contributed by atoms with van der Waals surface area (Å²) in [6.07, 6.45) is 0. The highest BCUT2D eigenvalue weighted by molar-refractivity contribution is 6.35. The second-order valence-corrected chi connectivity index (χ2v) is 7.74. The molecule has 0 atom stereocenters. The van der Waals surface area contributed by atoms with Crippen LogP contribution < -0.4 is 14.8 Å². The molecule has 4 rings (SSSR count). The maximum Gasteiger partial charge on any atom is 0.231 e. The number of hydrogen-bond acceptors (Lipinski definition) is 4. The normalized spacial score (nSPS) is 12.1. The lowest BCUT2D eigenvalue weighted by molar-refractivity contribution is 0.174. The van der Waals surface area contributed by atoms with Crippen LogP contribution in [0.1, 0.15) is 22.4 Å². The number of halogens is 4. The van der Waals surface area contributed by atoms with Gasteiger partial charge in [0.05, 0.1) is 12.2 Å². The summed E-state index contributed by atoms with van der Waals surface area (Å²) in [4.78, 5) is 0. The van der Waals surface area contributed by atoms with Crippen LogP contribution in [0.15, 0.2) is 36.4 Å². The van der Waals surface area contributed by atoms with Gasteiger partial charge in [-0.05, 0) is 42.3 Å². The van der Waals surface area contributed by atoms with Crippen molar-refractivity contribution in [1.82, 2.24) is 15.1 Å². The molecular formula is C20H19Cl4N3O2. The Morgan fingerprint density at radius 3 is 2.62 bits per heavy atom. The molecule has 0 bridgehead atoms. The number of fused-ring (bicyclic) bond motifs is 1. The number of benzene rings is 2. The van der Waals surface area contributed by atoms with Gasteiger partial charge in [-0.3, -0.25) is 0 Å². The van der Waals surface area contributed by atoms with E-state index in [0.29, 0.717) is 34.8 Å². The number of rotatable bonds is 6. The van der Waals surface area contributed by atoms with Crippen molar-refractivity contribution in [2.24, 2.45) is 0 Å². The van der Waals surface area contributed by atoms with E-state index in [2.05, 4.69) is 10.4 Å². The minimum Gasteiger partial charge on any atom is -0.454 e. The highest BCUT2D eigenvalue weighted by Crippen LogP contribution is 2.32. The lowest BCUT2D eigenvalue weighted by Gasteiger charge is -2.08. The molecule has 1 aliphatic heterocycles. The smallest absolute Gasteiger partial charge is 0.231 e. The summed E-state index contributed by atoms with van der Waals surface area (Å²) in [6, 6.07) is 11.3. The SMILES string of the molecule is Cc1nn(Cc2ccc(Cl)cc2Cl)c(Cl)c1CNCc1ccc2c(c1)OCO2.Cl. The summed E-state index contributed by atoms with van der Waals surface area (Å²) in [6.45, 7) is 3.99. The Morgan fingerprint density at radius 1 is 1.03 bits per heavy atom. The Kier molecular flexibility index (Phi) is 7.19. The molecule has 2 heterocycles. The standard InChI is InChI=1S/C20H18Cl3N3O2.ClH/c1-12-16(9-24-8-13-2-5-18-19(6-13)28-11-27-18)20(23)26(25-12)10-14-3-4-15(21)7-17(14)22;/h2-7,24H,8-11H2,1H3;1H. The molecule has 0 unspecified atom stereocenters. The molecule has 1 aliphatic rings. The average Bonchev–Trinajstić information content (AvgIpc) is 3.23. The Labute approximate surface area is 190 Å². The monoisotopic (exact) mass is 473 g/mol. The second kappa shape index (κ2) is 9.45. The zero-order chi connectivity index (χ0) is 19.7. The van der Waals surface area contributed by atoms with E-state index in [9.17, 15) is 0 Å². The van der Waals surface area contributed by atoms with Crippen LogP contribution >= 0.6 is 47.2 Å². The van der Waals surface area contributed by atoms with Crippen LogP contribution in [0.5, 0.6) is 11.5 Å². The number of hydrogen-bond donors (Lipinski definition) is 1. The predicted molar refractivity (Wildman–Crippen MR) is 118 cm³/mol. The summed E-state index contributed by atoms with van der Waals surface area (Å²) in [5, 5.41) is 9.76. The summed E-state index contributed by atoms with van der Waals surface area (Å²) in [5.74, 6) is 1.56. The first-order valence-corrected chi connectivity index (χ1v) is 9.89. The number of aromatic nitrogens is 2. The maximum absolute atomic E-state index is 6.58. The highest BCUT2D eigenvalue weighted by Gasteiger charge is 2.16. The Morgan fingerprint density at radius 2 is 1.83 bits per heavy atom.